The number of H-pyrrole nitrogens is 1. The van der Waals surface area contributed by atoms with Crippen LogP contribution in [-0.2, 0) is 6.42 Å². The summed E-state index contributed by atoms with van der Waals surface area (Å²) in [5.41, 5.74) is 1.24. The van der Waals surface area contributed by atoms with Gasteiger partial charge in [-0.2, -0.15) is 0 Å². The Hall–Kier alpha value is -0.790. The molecule has 1 aliphatic carbocycles. The summed E-state index contributed by atoms with van der Waals surface area (Å²) in [4.78, 5) is 7.49. The summed E-state index contributed by atoms with van der Waals surface area (Å²) in [6, 6.07) is 0. The topological polar surface area (TPSA) is 28.7 Å². The number of nitrogens with zero attached hydrogens (tertiary/aromatic N) is 1. The van der Waals surface area contributed by atoms with E-state index >= 15 is 0 Å². The van der Waals surface area contributed by atoms with Gasteiger partial charge in [0.2, 0.25) is 0 Å². The normalized spacial score (nSPS) is 18.3. The van der Waals surface area contributed by atoms with E-state index in [9.17, 15) is 0 Å². The molecular weight excluding hydrogens is 136 g/mol. The first-order chi connectivity index (χ1) is 5.34. The van der Waals surface area contributed by atoms with E-state index < -0.39 is 0 Å². The number of hydrogen-bond acceptors (Lipinski definition) is 1. The molecule has 0 unspecified atom stereocenters. The van der Waals surface area contributed by atoms with Crippen LogP contribution < -0.4 is 0 Å². The van der Waals surface area contributed by atoms with Crippen molar-refractivity contribution in [1.29, 1.82) is 0 Å². The molecule has 0 amide bonds. The van der Waals surface area contributed by atoms with Gasteiger partial charge >= 0.3 is 0 Å². The predicted octanol–water partition coefficient (Wildman–Crippen LogP) is 2.06. The van der Waals surface area contributed by atoms with Gasteiger partial charge in [-0.1, -0.05) is 19.3 Å². The lowest BCUT2D eigenvalue weighted by molar-refractivity contribution is 0.312. The highest BCUT2D eigenvalue weighted by atomic mass is 14.9. The molecule has 1 aliphatic rings. The van der Waals surface area contributed by atoms with Crippen LogP contribution in [0.2, 0.25) is 0 Å². The second-order valence-electron chi connectivity index (χ2n) is 3.48. The van der Waals surface area contributed by atoms with E-state index in [2.05, 4.69) is 9.97 Å². The summed E-state index contributed by atoms with van der Waals surface area (Å²) in [7, 11) is 0. The van der Waals surface area contributed by atoms with Gasteiger partial charge in [-0.05, 0) is 19.3 Å². The highest BCUT2D eigenvalue weighted by Crippen LogP contribution is 2.29. The first-order valence-electron chi connectivity index (χ1n) is 4.35. The fourth-order valence-electron chi connectivity index (χ4n) is 1.56. The Morgan fingerprint density at radius 2 is 2.45 bits per heavy atom. The molecule has 0 aliphatic heterocycles. The molecule has 2 heteroatoms. The fraction of sp³-hybridized carbons (Fsp3) is 0.667. The second kappa shape index (κ2) is 2.68. The van der Waals surface area contributed by atoms with Crippen molar-refractivity contribution >= 4 is 0 Å². The largest absolute Gasteiger partial charge is 0.349 e. The first-order valence-corrected chi connectivity index (χ1v) is 4.35. The van der Waals surface area contributed by atoms with E-state index in [1.165, 1.54) is 31.4 Å². The van der Waals surface area contributed by atoms with Crippen LogP contribution in [0.5, 0.6) is 0 Å². The molecule has 1 saturated carbocycles. The van der Waals surface area contributed by atoms with Crippen molar-refractivity contribution in [2.45, 2.75) is 32.6 Å². The zero-order valence-electron chi connectivity index (χ0n) is 6.93. The lowest BCUT2D eigenvalue weighted by Crippen LogP contribution is -2.13. The molecule has 1 heterocycles. The Labute approximate surface area is 67.0 Å². The van der Waals surface area contributed by atoms with Crippen molar-refractivity contribution in [3.05, 3.63) is 17.7 Å². The Bertz CT molecular complexity index is 235. The van der Waals surface area contributed by atoms with Crippen LogP contribution in [0, 0.1) is 12.8 Å². The Balaban J connectivity index is 1.95. The maximum absolute atomic E-state index is 4.38. The third-order valence-corrected chi connectivity index (χ3v) is 2.48. The third-order valence-electron chi connectivity index (χ3n) is 2.48. The molecule has 60 valence electrons. The molecule has 0 aromatic carbocycles. The molecule has 2 rings (SSSR count). The van der Waals surface area contributed by atoms with Crippen molar-refractivity contribution in [2.24, 2.45) is 5.92 Å². The van der Waals surface area contributed by atoms with Crippen LogP contribution >= 0.6 is 0 Å². The summed E-state index contributed by atoms with van der Waals surface area (Å²) in [6.07, 6.45) is 7.46. The number of imidazole rings is 1. The summed E-state index contributed by atoms with van der Waals surface area (Å²) in [5.74, 6) is 1.97. The lowest BCUT2D eigenvalue weighted by atomic mass is 9.82. The zero-order valence-corrected chi connectivity index (χ0v) is 6.93. The van der Waals surface area contributed by atoms with Gasteiger partial charge in [-0.25, -0.2) is 4.98 Å². The number of aromatic amines is 1. The molecule has 1 aromatic rings. The molecule has 11 heavy (non-hydrogen) atoms. The number of aryl methyl sites for hydroxylation is 1. The second-order valence-corrected chi connectivity index (χ2v) is 3.48. The fourth-order valence-corrected chi connectivity index (χ4v) is 1.56. The van der Waals surface area contributed by atoms with Crippen molar-refractivity contribution in [1.82, 2.24) is 9.97 Å². The van der Waals surface area contributed by atoms with Crippen LogP contribution in [0.15, 0.2) is 6.20 Å². The Kier molecular flexibility index (Phi) is 1.68. The van der Waals surface area contributed by atoms with Crippen molar-refractivity contribution < 1.29 is 0 Å². The van der Waals surface area contributed by atoms with Crippen molar-refractivity contribution in [3.63, 3.8) is 0 Å². The van der Waals surface area contributed by atoms with E-state index in [4.69, 9.17) is 0 Å². The summed E-state index contributed by atoms with van der Waals surface area (Å²) >= 11 is 0. The van der Waals surface area contributed by atoms with Crippen LogP contribution in [-0.4, -0.2) is 9.97 Å². The molecule has 0 spiro atoms. The molecule has 0 bridgehead atoms. The SMILES string of the molecule is Cc1nc(CC2CCC2)c[nH]1. The minimum Gasteiger partial charge on any atom is -0.349 e. The average molecular weight is 150 g/mol. The predicted molar refractivity (Wildman–Crippen MR) is 44.4 cm³/mol. The van der Waals surface area contributed by atoms with Gasteiger partial charge in [0.15, 0.2) is 0 Å². The maximum atomic E-state index is 4.38. The van der Waals surface area contributed by atoms with E-state index in [1.807, 2.05) is 13.1 Å². The summed E-state index contributed by atoms with van der Waals surface area (Å²) in [5, 5.41) is 0. The first kappa shape index (κ1) is 6.89. The van der Waals surface area contributed by atoms with Gasteiger partial charge in [0, 0.05) is 6.20 Å². The lowest BCUT2D eigenvalue weighted by Gasteiger charge is -2.23. The van der Waals surface area contributed by atoms with Crippen LogP contribution in [0.4, 0.5) is 0 Å². The van der Waals surface area contributed by atoms with Crippen LogP contribution in [0.1, 0.15) is 30.8 Å². The standard InChI is InChI=1S/C9H14N2/c1-7-10-6-9(11-7)5-8-3-2-4-8/h6,8H,2-5H2,1H3,(H,10,11). The Morgan fingerprint density at radius 3 is 2.91 bits per heavy atom. The number of nitrogens with one attached hydrogen (secondary N) is 1. The molecule has 1 fully saturated rings. The van der Waals surface area contributed by atoms with Crippen molar-refractivity contribution in [3.8, 4) is 0 Å². The quantitative estimate of drug-likeness (QED) is 0.686. The highest BCUT2D eigenvalue weighted by Gasteiger charge is 2.18. The molecule has 0 atom stereocenters. The number of aromatic nitrogens is 2. The number of hydrogen-bond donors (Lipinski definition) is 1. The van der Waals surface area contributed by atoms with Gasteiger partial charge in [0.1, 0.15) is 5.82 Å². The van der Waals surface area contributed by atoms with Gasteiger partial charge < -0.3 is 4.98 Å². The zero-order chi connectivity index (χ0) is 7.68. The van der Waals surface area contributed by atoms with Gasteiger partial charge in [-0.15, -0.1) is 0 Å². The summed E-state index contributed by atoms with van der Waals surface area (Å²) in [6.45, 7) is 2.00. The molecule has 1 aromatic heterocycles. The van der Waals surface area contributed by atoms with Gasteiger partial charge in [0.25, 0.3) is 0 Å². The third kappa shape index (κ3) is 1.44. The highest BCUT2D eigenvalue weighted by molar-refractivity contribution is 5.01. The molecule has 0 saturated heterocycles. The van der Waals surface area contributed by atoms with Gasteiger partial charge in [0.05, 0.1) is 5.69 Å². The minimum absolute atomic E-state index is 0.928. The van der Waals surface area contributed by atoms with E-state index in [0.717, 1.165) is 11.7 Å². The molecular formula is C9H14N2. The molecule has 2 nitrogen and oxygen atoms in total. The van der Waals surface area contributed by atoms with Crippen LogP contribution in [0.25, 0.3) is 0 Å². The van der Waals surface area contributed by atoms with E-state index in [1.54, 1.807) is 0 Å². The molecule has 0 radical (unpaired) electrons. The molecule has 1 N–H and O–H groups in total. The maximum Gasteiger partial charge on any atom is 0.103 e. The van der Waals surface area contributed by atoms with Crippen LogP contribution in [0.3, 0.4) is 0 Å². The van der Waals surface area contributed by atoms with E-state index in [-0.39, 0.29) is 0 Å². The summed E-state index contributed by atoms with van der Waals surface area (Å²) < 4.78 is 0. The smallest absolute Gasteiger partial charge is 0.103 e. The van der Waals surface area contributed by atoms with Gasteiger partial charge in [-0.3, -0.25) is 0 Å². The minimum atomic E-state index is 0.928. The van der Waals surface area contributed by atoms with Crippen molar-refractivity contribution in [2.75, 3.05) is 0 Å². The average Bonchev–Trinajstić information content (AvgIpc) is 2.27. The monoisotopic (exact) mass is 150 g/mol. The Morgan fingerprint density at radius 1 is 1.64 bits per heavy atom. The number of rotatable bonds is 2. The van der Waals surface area contributed by atoms with E-state index in [0.29, 0.717) is 0 Å².